The highest BCUT2D eigenvalue weighted by Crippen LogP contribution is 2.06. The number of ether oxygens (including phenoxy) is 1. The lowest BCUT2D eigenvalue weighted by atomic mass is 10.1. The summed E-state index contributed by atoms with van der Waals surface area (Å²) in [5, 5.41) is 0. The van der Waals surface area contributed by atoms with Gasteiger partial charge in [-0.2, -0.15) is 0 Å². The first-order valence-electron chi connectivity index (χ1n) is 4.57. The van der Waals surface area contributed by atoms with E-state index in [4.69, 9.17) is 16.5 Å². The van der Waals surface area contributed by atoms with Crippen molar-refractivity contribution in [3.63, 3.8) is 0 Å². The minimum atomic E-state index is 0.646. The topological polar surface area (TPSA) is 21.6 Å². The summed E-state index contributed by atoms with van der Waals surface area (Å²) in [4.78, 5) is 0. The van der Waals surface area contributed by atoms with Crippen molar-refractivity contribution >= 4 is 17.7 Å². The Morgan fingerprint density at radius 1 is 1.25 bits per heavy atom. The van der Waals surface area contributed by atoms with E-state index in [9.17, 15) is 0 Å². The normalized spacial score (nSPS) is 11.8. The van der Waals surface area contributed by atoms with Gasteiger partial charge in [0.2, 0.25) is 5.90 Å². The van der Waals surface area contributed by atoms with Gasteiger partial charge in [-0.25, -0.2) is 0 Å². The summed E-state index contributed by atoms with van der Waals surface area (Å²) in [6.07, 6.45) is 7.13. The number of hydrogen-bond donors (Lipinski definition) is 0. The molecule has 72 valence electrons. The summed E-state index contributed by atoms with van der Waals surface area (Å²) in [5.74, 6) is 0.646. The average molecular weight is 192 g/mol. The predicted octanol–water partition coefficient (Wildman–Crippen LogP) is 3.55. The fourth-order valence-electron chi connectivity index (χ4n) is 1.06. The third kappa shape index (κ3) is 6.47. The van der Waals surface area contributed by atoms with E-state index in [1.807, 2.05) is 0 Å². The van der Waals surface area contributed by atoms with Crippen molar-refractivity contribution < 1.29 is 4.74 Å². The first-order chi connectivity index (χ1) is 5.85. The number of unbranched alkanes of at least 4 members (excludes halogenated alkanes) is 4. The highest BCUT2D eigenvalue weighted by atomic mass is 35.5. The van der Waals surface area contributed by atoms with Crippen LogP contribution in [0.25, 0.3) is 0 Å². The van der Waals surface area contributed by atoms with Crippen molar-refractivity contribution in [3.05, 3.63) is 0 Å². The highest BCUT2D eigenvalue weighted by molar-refractivity contribution is 6.19. The van der Waals surface area contributed by atoms with Gasteiger partial charge in [0.25, 0.3) is 0 Å². The van der Waals surface area contributed by atoms with Crippen LogP contribution in [-0.4, -0.2) is 13.0 Å². The first kappa shape index (κ1) is 11.8. The van der Waals surface area contributed by atoms with Crippen LogP contribution in [-0.2, 0) is 4.74 Å². The quantitative estimate of drug-likeness (QED) is 0.358. The fraction of sp³-hybridized carbons (Fsp3) is 0.889. The summed E-state index contributed by atoms with van der Waals surface area (Å²) in [6, 6.07) is 0. The monoisotopic (exact) mass is 191 g/mol. The maximum atomic E-state index is 5.27. The zero-order chi connectivity index (χ0) is 9.23. The van der Waals surface area contributed by atoms with E-state index in [-0.39, 0.29) is 0 Å². The van der Waals surface area contributed by atoms with Crippen LogP contribution in [0, 0.1) is 0 Å². The predicted molar refractivity (Wildman–Crippen MR) is 53.7 cm³/mol. The molecule has 0 unspecified atom stereocenters. The van der Waals surface area contributed by atoms with Crippen LogP contribution in [0.15, 0.2) is 4.51 Å². The molecule has 3 heteroatoms. The molecule has 0 aromatic rings. The summed E-state index contributed by atoms with van der Waals surface area (Å²) >= 11 is 5.27. The lowest BCUT2D eigenvalue weighted by molar-refractivity contribution is 0.388. The van der Waals surface area contributed by atoms with Crippen LogP contribution in [0.1, 0.15) is 45.4 Å². The molecule has 0 aromatic carbocycles. The zero-order valence-corrected chi connectivity index (χ0v) is 8.73. The van der Waals surface area contributed by atoms with Crippen molar-refractivity contribution in [1.82, 2.24) is 0 Å². The van der Waals surface area contributed by atoms with E-state index in [1.165, 1.54) is 25.7 Å². The van der Waals surface area contributed by atoms with E-state index >= 15 is 0 Å². The zero-order valence-electron chi connectivity index (χ0n) is 7.98. The Labute approximate surface area is 80.1 Å². The van der Waals surface area contributed by atoms with Gasteiger partial charge in [0.05, 0.1) is 7.11 Å². The van der Waals surface area contributed by atoms with Crippen LogP contribution < -0.4 is 0 Å². The average Bonchev–Trinajstić information content (AvgIpc) is 2.11. The maximum absolute atomic E-state index is 5.27. The Morgan fingerprint density at radius 3 is 2.42 bits per heavy atom. The largest absolute Gasteiger partial charge is 0.483 e. The van der Waals surface area contributed by atoms with Gasteiger partial charge >= 0.3 is 0 Å². The molecule has 0 spiro atoms. The lowest BCUT2D eigenvalue weighted by Crippen LogP contribution is -1.99. The Hall–Kier alpha value is -0.240. The second kappa shape index (κ2) is 8.85. The third-order valence-electron chi connectivity index (χ3n) is 1.82. The van der Waals surface area contributed by atoms with Crippen LogP contribution in [0.2, 0.25) is 0 Å². The van der Waals surface area contributed by atoms with Crippen molar-refractivity contribution in [2.75, 3.05) is 7.11 Å². The van der Waals surface area contributed by atoms with E-state index in [2.05, 4.69) is 11.4 Å². The smallest absolute Gasteiger partial charge is 0.200 e. The number of nitrogens with zero attached hydrogens (tertiary/aromatic N) is 1. The van der Waals surface area contributed by atoms with Crippen LogP contribution >= 0.6 is 11.8 Å². The number of hydrogen-bond acceptors (Lipinski definition) is 2. The number of halogens is 1. The molecule has 0 radical (unpaired) electrons. The van der Waals surface area contributed by atoms with Gasteiger partial charge in [0.15, 0.2) is 0 Å². The van der Waals surface area contributed by atoms with Crippen LogP contribution in [0.3, 0.4) is 0 Å². The van der Waals surface area contributed by atoms with E-state index in [0.717, 1.165) is 12.8 Å². The minimum absolute atomic E-state index is 0.646. The molecule has 0 N–H and O–H groups in total. The van der Waals surface area contributed by atoms with Crippen LogP contribution in [0.4, 0.5) is 0 Å². The Kier molecular flexibility index (Phi) is 8.68. The van der Waals surface area contributed by atoms with Gasteiger partial charge < -0.3 is 4.74 Å². The molecule has 0 rings (SSSR count). The molecule has 0 fully saturated rings. The second-order valence-electron chi connectivity index (χ2n) is 2.85. The van der Waals surface area contributed by atoms with Gasteiger partial charge in [-0.1, -0.05) is 32.6 Å². The molecule has 0 aromatic heterocycles. The molecular weight excluding hydrogens is 174 g/mol. The second-order valence-corrected chi connectivity index (χ2v) is 3.02. The van der Waals surface area contributed by atoms with Crippen molar-refractivity contribution in [1.29, 1.82) is 0 Å². The Bertz CT molecular complexity index is 126. The van der Waals surface area contributed by atoms with Gasteiger partial charge in [-0.3, -0.25) is 0 Å². The molecule has 0 heterocycles. The Morgan fingerprint density at radius 2 is 1.92 bits per heavy atom. The summed E-state index contributed by atoms with van der Waals surface area (Å²) in [7, 11) is 1.60. The van der Waals surface area contributed by atoms with Gasteiger partial charge in [-0.05, 0) is 6.42 Å². The highest BCUT2D eigenvalue weighted by Gasteiger charge is 1.96. The van der Waals surface area contributed by atoms with E-state index in [0.29, 0.717) is 5.90 Å². The molecular formula is C9H18ClNO. The number of rotatable bonds is 6. The SMILES string of the molecule is CCCCCCCC(=NCl)OC. The van der Waals surface area contributed by atoms with E-state index < -0.39 is 0 Å². The molecule has 2 nitrogen and oxygen atoms in total. The van der Waals surface area contributed by atoms with Crippen molar-refractivity contribution in [2.45, 2.75) is 45.4 Å². The van der Waals surface area contributed by atoms with Gasteiger partial charge in [0.1, 0.15) is 0 Å². The van der Waals surface area contributed by atoms with Gasteiger partial charge in [-0.15, -0.1) is 4.51 Å². The summed E-state index contributed by atoms with van der Waals surface area (Å²) in [5.41, 5.74) is 0. The fourth-order valence-corrected chi connectivity index (χ4v) is 1.21. The third-order valence-corrected chi connectivity index (χ3v) is 2.01. The van der Waals surface area contributed by atoms with Crippen molar-refractivity contribution in [3.8, 4) is 0 Å². The molecule has 0 amide bonds. The lowest BCUT2D eigenvalue weighted by Gasteiger charge is -2.01. The molecule has 0 aliphatic rings. The van der Waals surface area contributed by atoms with Gasteiger partial charge in [0, 0.05) is 18.2 Å². The molecule has 0 aliphatic heterocycles. The molecule has 0 atom stereocenters. The summed E-state index contributed by atoms with van der Waals surface area (Å²) in [6.45, 7) is 2.21. The molecule has 0 saturated carbocycles. The minimum Gasteiger partial charge on any atom is -0.483 e. The molecule has 0 bridgehead atoms. The Balaban J connectivity index is 3.18. The van der Waals surface area contributed by atoms with E-state index in [1.54, 1.807) is 7.11 Å². The molecule has 12 heavy (non-hydrogen) atoms. The standard InChI is InChI=1S/C9H18ClNO/c1-3-4-5-6-7-8-9(11-10)12-2/h3-8H2,1-2H3. The maximum Gasteiger partial charge on any atom is 0.200 e. The molecule has 0 aliphatic carbocycles. The van der Waals surface area contributed by atoms with Crippen LogP contribution in [0.5, 0.6) is 0 Å². The number of methoxy groups -OCH3 is 1. The molecule has 0 saturated heterocycles. The first-order valence-corrected chi connectivity index (χ1v) is 4.90. The summed E-state index contributed by atoms with van der Waals surface area (Å²) < 4.78 is 8.42. The van der Waals surface area contributed by atoms with Crippen molar-refractivity contribution in [2.24, 2.45) is 4.51 Å².